The van der Waals surface area contributed by atoms with Gasteiger partial charge in [0.05, 0.1) is 18.1 Å². The minimum Gasteiger partial charge on any atom is -0.340 e. The average molecular weight is 457 g/mol. The van der Waals surface area contributed by atoms with Crippen LogP contribution in [0.15, 0.2) is 55.0 Å². The monoisotopic (exact) mass is 456 g/mol. The summed E-state index contributed by atoms with van der Waals surface area (Å²) in [7, 11) is 1.79. The second-order valence-corrected chi connectivity index (χ2v) is 8.81. The number of carbonyl (C=O) groups excluding carboxylic acids is 2. The SMILES string of the molecule is CC[C@@H]1C(=O)N(C)c2cnc(-c3ccncc3NC(=O)c3ccccc3)nc2N1C1CCCC1. The Labute approximate surface area is 199 Å². The van der Waals surface area contributed by atoms with E-state index in [0.29, 0.717) is 40.8 Å². The van der Waals surface area contributed by atoms with Crippen molar-refractivity contribution in [3.8, 4) is 11.4 Å². The molecule has 1 atom stereocenters. The predicted molar refractivity (Wildman–Crippen MR) is 132 cm³/mol. The van der Waals surface area contributed by atoms with E-state index >= 15 is 0 Å². The van der Waals surface area contributed by atoms with Gasteiger partial charge >= 0.3 is 0 Å². The molecule has 0 unspecified atom stereocenters. The number of pyridine rings is 1. The third kappa shape index (κ3) is 3.89. The molecule has 5 rings (SSSR count). The van der Waals surface area contributed by atoms with Crippen molar-refractivity contribution >= 4 is 29.0 Å². The molecular formula is C26H28N6O2. The van der Waals surface area contributed by atoms with Gasteiger partial charge in [-0.1, -0.05) is 38.0 Å². The highest BCUT2D eigenvalue weighted by Crippen LogP contribution is 2.40. The summed E-state index contributed by atoms with van der Waals surface area (Å²) < 4.78 is 0. The lowest BCUT2D eigenvalue weighted by molar-refractivity contribution is -0.120. The molecule has 0 saturated heterocycles. The van der Waals surface area contributed by atoms with Gasteiger partial charge < -0.3 is 15.1 Å². The minimum absolute atomic E-state index is 0.0815. The lowest BCUT2D eigenvalue weighted by Crippen LogP contribution is -2.55. The van der Waals surface area contributed by atoms with E-state index in [9.17, 15) is 9.59 Å². The van der Waals surface area contributed by atoms with Gasteiger partial charge in [0.2, 0.25) is 5.91 Å². The summed E-state index contributed by atoms with van der Waals surface area (Å²) in [6, 6.07) is 10.9. The van der Waals surface area contributed by atoms with Crippen LogP contribution in [0.5, 0.6) is 0 Å². The first-order valence-corrected chi connectivity index (χ1v) is 11.8. The molecule has 174 valence electrons. The van der Waals surface area contributed by atoms with E-state index in [1.807, 2.05) is 25.1 Å². The summed E-state index contributed by atoms with van der Waals surface area (Å²) in [6.07, 6.45) is 10.1. The Morgan fingerprint density at radius 1 is 1.12 bits per heavy atom. The Kier molecular flexibility index (Phi) is 5.96. The number of nitrogens with one attached hydrogen (secondary N) is 1. The van der Waals surface area contributed by atoms with E-state index in [2.05, 4.69) is 20.2 Å². The first-order valence-electron chi connectivity index (χ1n) is 11.8. The van der Waals surface area contributed by atoms with Gasteiger partial charge in [0.1, 0.15) is 11.7 Å². The van der Waals surface area contributed by atoms with E-state index in [1.54, 1.807) is 48.7 Å². The van der Waals surface area contributed by atoms with Gasteiger partial charge in [-0.2, -0.15) is 0 Å². The first-order chi connectivity index (χ1) is 16.6. The number of hydrogen-bond acceptors (Lipinski definition) is 6. The highest BCUT2D eigenvalue weighted by atomic mass is 16.2. The zero-order valence-electron chi connectivity index (χ0n) is 19.4. The zero-order valence-corrected chi connectivity index (χ0v) is 19.4. The van der Waals surface area contributed by atoms with Crippen LogP contribution in [0.4, 0.5) is 17.2 Å². The largest absolute Gasteiger partial charge is 0.340 e. The summed E-state index contributed by atoms with van der Waals surface area (Å²) in [5.74, 6) is 1.13. The summed E-state index contributed by atoms with van der Waals surface area (Å²) in [4.78, 5) is 43.6. The highest BCUT2D eigenvalue weighted by molar-refractivity contribution is 6.06. The Bertz CT molecular complexity index is 1210. The number of benzene rings is 1. The molecule has 1 aromatic carbocycles. The van der Waals surface area contributed by atoms with Gasteiger partial charge in [-0.05, 0) is 37.5 Å². The summed E-state index contributed by atoms with van der Waals surface area (Å²) in [5.41, 5.74) is 2.49. The first kappa shape index (κ1) is 22.0. The summed E-state index contributed by atoms with van der Waals surface area (Å²) in [6.45, 7) is 2.05. The van der Waals surface area contributed by atoms with Crippen LogP contribution in [0.1, 0.15) is 49.4 Å². The van der Waals surface area contributed by atoms with Gasteiger partial charge in [-0.3, -0.25) is 14.6 Å². The van der Waals surface area contributed by atoms with Crippen molar-refractivity contribution in [3.05, 3.63) is 60.6 Å². The normalized spacial score (nSPS) is 18.2. The van der Waals surface area contributed by atoms with E-state index in [4.69, 9.17) is 4.98 Å². The Morgan fingerprint density at radius 2 is 1.88 bits per heavy atom. The number of fused-ring (bicyclic) bond motifs is 1. The minimum atomic E-state index is -0.238. The molecule has 1 aliphatic heterocycles. The predicted octanol–water partition coefficient (Wildman–Crippen LogP) is 4.29. The highest BCUT2D eigenvalue weighted by Gasteiger charge is 2.41. The maximum absolute atomic E-state index is 13.1. The van der Waals surface area contributed by atoms with Crippen molar-refractivity contribution in [2.45, 2.75) is 51.1 Å². The van der Waals surface area contributed by atoms with Crippen molar-refractivity contribution in [2.75, 3.05) is 22.2 Å². The number of rotatable bonds is 5. The molecule has 8 heteroatoms. The van der Waals surface area contributed by atoms with Gasteiger partial charge in [0, 0.05) is 30.4 Å². The quantitative estimate of drug-likeness (QED) is 0.616. The third-order valence-electron chi connectivity index (χ3n) is 6.76. The molecule has 0 radical (unpaired) electrons. The number of nitrogens with zero attached hydrogens (tertiary/aromatic N) is 5. The van der Waals surface area contributed by atoms with Gasteiger partial charge in [-0.25, -0.2) is 9.97 Å². The van der Waals surface area contributed by atoms with Crippen LogP contribution >= 0.6 is 0 Å². The summed E-state index contributed by atoms with van der Waals surface area (Å²) >= 11 is 0. The second-order valence-electron chi connectivity index (χ2n) is 8.81. The molecule has 1 fully saturated rings. The van der Waals surface area contributed by atoms with E-state index in [0.717, 1.165) is 31.5 Å². The maximum atomic E-state index is 13.1. The fourth-order valence-electron chi connectivity index (χ4n) is 4.99. The third-order valence-corrected chi connectivity index (χ3v) is 6.76. The van der Waals surface area contributed by atoms with Crippen LogP contribution < -0.4 is 15.1 Å². The van der Waals surface area contributed by atoms with E-state index in [-0.39, 0.29) is 17.9 Å². The number of carbonyl (C=O) groups is 2. The van der Waals surface area contributed by atoms with Crippen molar-refractivity contribution in [2.24, 2.45) is 0 Å². The molecule has 1 N–H and O–H groups in total. The van der Waals surface area contributed by atoms with Gasteiger partial charge in [-0.15, -0.1) is 0 Å². The van der Waals surface area contributed by atoms with Crippen LogP contribution in [0, 0.1) is 0 Å². The van der Waals surface area contributed by atoms with E-state index in [1.165, 1.54) is 0 Å². The molecule has 8 nitrogen and oxygen atoms in total. The fraction of sp³-hybridized carbons (Fsp3) is 0.346. The molecule has 2 aromatic heterocycles. The van der Waals surface area contributed by atoms with Crippen molar-refractivity contribution in [1.29, 1.82) is 0 Å². The smallest absolute Gasteiger partial charge is 0.255 e. The lowest BCUT2D eigenvalue weighted by Gasteiger charge is -2.43. The number of aromatic nitrogens is 3. The molecule has 1 saturated carbocycles. The molecule has 3 heterocycles. The molecule has 0 spiro atoms. The standard InChI is InChI=1S/C26H28N6O2/c1-3-21-26(34)31(2)22-16-28-23(30-24(22)32(21)18-11-7-8-12-18)19-13-14-27-15-20(19)29-25(33)17-9-5-4-6-10-17/h4-6,9-10,13-16,18,21H,3,7-8,11-12H2,1-2H3,(H,29,33)/t21-/m1/s1. The van der Waals surface area contributed by atoms with Crippen LogP contribution in [0.25, 0.3) is 11.4 Å². The second kappa shape index (κ2) is 9.21. The molecular weight excluding hydrogens is 428 g/mol. The zero-order chi connectivity index (χ0) is 23.7. The summed E-state index contributed by atoms with van der Waals surface area (Å²) in [5, 5.41) is 2.95. The van der Waals surface area contributed by atoms with Crippen molar-refractivity contribution in [1.82, 2.24) is 15.0 Å². The van der Waals surface area contributed by atoms with Crippen LogP contribution in [-0.2, 0) is 4.79 Å². The van der Waals surface area contributed by atoms with Crippen LogP contribution in [0.3, 0.4) is 0 Å². The Morgan fingerprint density at radius 3 is 2.62 bits per heavy atom. The average Bonchev–Trinajstić information content (AvgIpc) is 3.41. The molecule has 34 heavy (non-hydrogen) atoms. The van der Waals surface area contributed by atoms with Gasteiger partial charge in [0.25, 0.3) is 5.91 Å². The van der Waals surface area contributed by atoms with Crippen LogP contribution in [0.2, 0.25) is 0 Å². The number of hydrogen-bond donors (Lipinski definition) is 1. The lowest BCUT2D eigenvalue weighted by atomic mass is 10.0. The van der Waals surface area contributed by atoms with Gasteiger partial charge in [0.15, 0.2) is 11.6 Å². The number of amides is 2. The molecule has 3 aromatic rings. The topological polar surface area (TPSA) is 91.3 Å². The molecule has 2 amide bonds. The Balaban J connectivity index is 1.55. The van der Waals surface area contributed by atoms with Crippen molar-refractivity contribution < 1.29 is 9.59 Å². The Hall–Kier alpha value is -3.81. The molecule has 0 bridgehead atoms. The maximum Gasteiger partial charge on any atom is 0.255 e. The van der Waals surface area contributed by atoms with Crippen LogP contribution in [-0.4, -0.2) is 45.9 Å². The van der Waals surface area contributed by atoms with E-state index < -0.39 is 0 Å². The number of anilines is 3. The molecule has 1 aliphatic carbocycles. The van der Waals surface area contributed by atoms with Crippen molar-refractivity contribution in [3.63, 3.8) is 0 Å². The molecule has 2 aliphatic rings. The number of likely N-dealkylation sites (N-methyl/N-ethyl adjacent to an activating group) is 1. The fourth-order valence-corrected chi connectivity index (χ4v) is 4.99.